The number of aromatic nitrogens is 1. The standard InChI is InChI=1S/C18H21FN2O2S/c1-2-17-20-14(11-24-17)10-16(22)21-18(15-4-3-9-23-15)12-5-7-13(19)8-6-12/h5-8,11,15,18H,2-4,9-10H2,1H3,(H,21,22)/t15-,18-/m0/s1. The summed E-state index contributed by atoms with van der Waals surface area (Å²) in [6, 6.07) is 5.99. The summed E-state index contributed by atoms with van der Waals surface area (Å²) >= 11 is 1.58. The van der Waals surface area contributed by atoms with Crippen molar-refractivity contribution >= 4 is 17.2 Å². The number of carbonyl (C=O) groups is 1. The van der Waals surface area contributed by atoms with Gasteiger partial charge in [-0.25, -0.2) is 9.37 Å². The number of benzene rings is 1. The Morgan fingerprint density at radius 1 is 1.46 bits per heavy atom. The minimum atomic E-state index is -0.286. The van der Waals surface area contributed by atoms with Crippen molar-refractivity contribution in [1.29, 1.82) is 0 Å². The number of hydrogen-bond donors (Lipinski definition) is 1. The molecule has 1 fully saturated rings. The molecule has 1 saturated heterocycles. The van der Waals surface area contributed by atoms with Crippen LogP contribution in [0.5, 0.6) is 0 Å². The summed E-state index contributed by atoms with van der Waals surface area (Å²) in [6.07, 6.45) is 2.92. The van der Waals surface area contributed by atoms with E-state index in [9.17, 15) is 9.18 Å². The van der Waals surface area contributed by atoms with Crippen molar-refractivity contribution < 1.29 is 13.9 Å². The van der Waals surface area contributed by atoms with Crippen LogP contribution in [0.1, 0.15) is 42.1 Å². The molecule has 2 atom stereocenters. The van der Waals surface area contributed by atoms with E-state index >= 15 is 0 Å². The number of nitrogens with zero attached hydrogens (tertiary/aromatic N) is 1. The summed E-state index contributed by atoms with van der Waals surface area (Å²) in [5.74, 6) is -0.376. The molecule has 24 heavy (non-hydrogen) atoms. The van der Waals surface area contributed by atoms with Crippen molar-refractivity contribution in [3.05, 3.63) is 51.7 Å². The molecule has 6 heteroatoms. The van der Waals surface area contributed by atoms with Gasteiger partial charge < -0.3 is 10.1 Å². The highest BCUT2D eigenvalue weighted by atomic mass is 32.1. The van der Waals surface area contributed by atoms with Gasteiger partial charge in [0.2, 0.25) is 5.91 Å². The second-order valence-corrected chi connectivity index (χ2v) is 6.85. The van der Waals surface area contributed by atoms with Gasteiger partial charge in [0.25, 0.3) is 0 Å². The van der Waals surface area contributed by atoms with Crippen LogP contribution in [0.2, 0.25) is 0 Å². The lowest BCUT2D eigenvalue weighted by atomic mass is 9.99. The Hall–Kier alpha value is -1.79. The van der Waals surface area contributed by atoms with Crippen molar-refractivity contribution in [2.24, 2.45) is 0 Å². The van der Waals surface area contributed by atoms with Crippen molar-refractivity contribution in [2.45, 2.75) is 44.8 Å². The lowest BCUT2D eigenvalue weighted by molar-refractivity contribution is -0.122. The molecular weight excluding hydrogens is 327 g/mol. The number of halogens is 1. The normalized spacial score (nSPS) is 18.5. The first kappa shape index (κ1) is 17.0. The zero-order chi connectivity index (χ0) is 16.9. The lowest BCUT2D eigenvalue weighted by Gasteiger charge is -2.24. The Morgan fingerprint density at radius 2 is 2.25 bits per heavy atom. The smallest absolute Gasteiger partial charge is 0.226 e. The fraction of sp³-hybridized carbons (Fsp3) is 0.444. The summed E-state index contributed by atoms with van der Waals surface area (Å²) in [7, 11) is 0. The van der Waals surface area contributed by atoms with Gasteiger partial charge in [-0.2, -0.15) is 0 Å². The van der Waals surface area contributed by atoms with Gasteiger partial charge >= 0.3 is 0 Å². The summed E-state index contributed by atoms with van der Waals surface area (Å²) in [5, 5.41) is 6.01. The predicted octanol–water partition coefficient (Wildman–Crippen LogP) is 3.42. The van der Waals surface area contributed by atoms with Crippen LogP contribution < -0.4 is 5.32 Å². The van der Waals surface area contributed by atoms with E-state index in [4.69, 9.17) is 4.74 Å². The van der Waals surface area contributed by atoms with Gasteiger partial charge in [0.15, 0.2) is 0 Å². The maximum atomic E-state index is 13.2. The van der Waals surface area contributed by atoms with Gasteiger partial charge in [0, 0.05) is 12.0 Å². The average molecular weight is 348 g/mol. The highest BCUT2D eigenvalue weighted by Gasteiger charge is 2.28. The van der Waals surface area contributed by atoms with Crippen LogP contribution in [0.25, 0.3) is 0 Å². The fourth-order valence-electron chi connectivity index (χ4n) is 2.91. The molecule has 0 radical (unpaired) electrons. The summed E-state index contributed by atoms with van der Waals surface area (Å²) < 4.78 is 18.9. The number of carbonyl (C=O) groups excluding carboxylic acids is 1. The molecule has 2 heterocycles. The number of thiazole rings is 1. The van der Waals surface area contributed by atoms with Gasteiger partial charge in [0.05, 0.1) is 29.3 Å². The molecule has 2 aromatic rings. The Kier molecular flexibility index (Phi) is 5.58. The number of hydrogen-bond acceptors (Lipinski definition) is 4. The molecule has 1 aromatic carbocycles. The van der Waals surface area contributed by atoms with Gasteiger partial charge in [-0.05, 0) is 37.0 Å². The average Bonchev–Trinajstić information content (AvgIpc) is 3.25. The number of amides is 1. The van der Waals surface area contributed by atoms with Crippen LogP contribution in [-0.4, -0.2) is 23.6 Å². The van der Waals surface area contributed by atoms with E-state index in [0.29, 0.717) is 6.61 Å². The van der Waals surface area contributed by atoms with Gasteiger partial charge in [0.1, 0.15) is 5.82 Å². The maximum absolute atomic E-state index is 13.2. The third kappa shape index (κ3) is 4.19. The molecule has 128 valence electrons. The molecule has 0 spiro atoms. The first-order valence-corrected chi connectivity index (χ1v) is 9.13. The van der Waals surface area contributed by atoms with Crippen LogP contribution in [-0.2, 0) is 22.4 Å². The minimum Gasteiger partial charge on any atom is -0.376 e. The Bertz CT molecular complexity index is 681. The van der Waals surface area contributed by atoms with E-state index in [-0.39, 0.29) is 30.3 Å². The molecule has 1 aromatic heterocycles. The Balaban J connectivity index is 1.70. The second kappa shape index (κ2) is 7.85. The van der Waals surface area contributed by atoms with Crippen LogP contribution in [0.15, 0.2) is 29.6 Å². The van der Waals surface area contributed by atoms with Crippen LogP contribution >= 0.6 is 11.3 Å². The Morgan fingerprint density at radius 3 is 2.88 bits per heavy atom. The quantitative estimate of drug-likeness (QED) is 0.870. The topological polar surface area (TPSA) is 51.2 Å². The van der Waals surface area contributed by atoms with Crippen molar-refractivity contribution in [3.8, 4) is 0 Å². The first-order valence-electron chi connectivity index (χ1n) is 8.25. The molecule has 0 aliphatic carbocycles. The molecule has 0 saturated carbocycles. The highest BCUT2D eigenvalue weighted by Crippen LogP contribution is 2.27. The van der Waals surface area contributed by atoms with Crippen molar-refractivity contribution in [2.75, 3.05) is 6.61 Å². The lowest BCUT2D eigenvalue weighted by Crippen LogP contribution is -2.37. The summed E-state index contributed by atoms with van der Waals surface area (Å²) in [5.41, 5.74) is 1.66. The second-order valence-electron chi connectivity index (χ2n) is 5.91. The largest absolute Gasteiger partial charge is 0.376 e. The molecule has 1 aliphatic heterocycles. The molecular formula is C18H21FN2O2S. The number of ether oxygens (including phenoxy) is 1. The van der Waals surface area contributed by atoms with E-state index < -0.39 is 0 Å². The zero-order valence-electron chi connectivity index (χ0n) is 13.6. The number of nitrogens with one attached hydrogen (secondary N) is 1. The monoisotopic (exact) mass is 348 g/mol. The maximum Gasteiger partial charge on any atom is 0.226 e. The van der Waals surface area contributed by atoms with Crippen LogP contribution in [0.4, 0.5) is 4.39 Å². The van der Waals surface area contributed by atoms with Crippen LogP contribution in [0.3, 0.4) is 0 Å². The number of aryl methyl sites for hydroxylation is 1. The van der Waals surface area contributed by atoms with Crippen molar-refractivity contribution in [3.63, 3.8) is 0 Å². The van der Waals surface area contributed by atoms with Gasteiger partial charge in [-0.1, -0.05) is 19.1 Å². The summed E-state index contributed by atoms with van der Waals surface area (Å²) in [6.45, 7) is 2.74. The molecule has 1 N–H and O–H groups in total. The molecule has 1 amide bonds. The van der Waals surface area contributed by atoms with E-state index in [0.717, 1.165) is 35.5 Å². The zero-order valence-corrected chi connectivity index (χ0v) is 14.4. The van der Waals surface area contributed by atoms with Gasteiger partial charge in [-0.3, -0.25) is 4.79 Å². The first-order chi connectivity index (χ1) is 11.7. The van der Waals surface area contributed by atoms with E-state index in [1.54, 1.807) is 23.5 Å². The van der Waals surface area contributed by atoms with E-state index in [2.05, 4.69) is 10.3 Å². The van der Waals surface area contributed by atoms with E-state index in [1.807, 2.05) is 12.3 Å². The molecule has 3 rings (SSSR count). The van der Waals surface area contributed by atoms with E-state index in [1.165, 1.54) is 12.1 Å². The highest BCUT2D eigenvalue weighted by molar-refractivity contribution is 7.09. The SMILES string of the molecule is CCc1nc(CC(=O)N[C@@H](c2ccc(F)cc2)[C@@H]2CCCO2)cs1. The predicted molar refractivity (Wildman–Crippen MR) is 91.5 cm³/mol. The summed E-state index contributed by atoms with van der Waals surface area (Å²) in [4.78, 5) is 16.9. The number of rotatable bonds is 6. The molecule has 4 nitrogen and oxygen atoms in total. The molecule has 1 aliphatic rings. The minimum absolute atomic E-state index is 0.0685. The molecule has 0 bridgehead atoms. The Labute approximate surface area is 145 Å². The fourth-order valence-corrected chi connectivity index (χ4v) is 3.65. The van der Waals surface area contributed by atoms with Gasteiger partial charge in [-0.15, -0.1) is 11.3 Å². The molecule has 0 unspecified atom stereocenters. The third-order valence-corrected chi connectivity index (χ3v) is 5.17. The van der Waals surface area contributed by atoms with Crippen LogP contribution in [0, 0.1) is 5.82 Å². The third-order valence-electron chi connectivity index (χ3n) is 4.13. The van der Waals surface area contributed by atoms with Crippen molar-refractivity contribution in [1.82, 2.24) is 10.3 Å².